The van der Waals surface area contributed by atoms with Gasteiger partial charge in [0.1, 0.15) is 6.61 Å². The van der Waals surface area contributed by atoms with Gasteiger partial charge in [-0.05, 0) is 109 Å². The third-order valence-corrected chi connectivity index (χ3v) is 12.5. The monoisotopic (exact) mass is 923 g/mol. The van der Waals surface area contributed by atoms with Crippen molar-refractivity contribution in [2.24, 2.45) is 0 Å². The number of allylic oxidation sites excluding steroid dienone is 10. The molecule has 0 spiro atoms. The summed E-state index contributed by atoms with van der Waals surface area (Å²) >= 11 is 0. The number of ether oxygens (including phenoxy) is 3. The molecule has 0 aliphatic carbocycles. The molecule has 0 aromatic carbocycles. The Kier molecular flexibility index (Phi) is 54.9. The van der Waals surface area contributed by atoms with Crippen molar-refractivity contribution in [3.05, 3.63) is 60.8 Å². The van der Waals surface area contributed by atoms with Crippen molar-refractivity contribution < 1.29 is 23.8 Å². The van der Waals surface area contributed by atoms with E-state index in [2.05, 4.69) is 81.5 Å². The van der Waals surface area contributed by atoms with Gasteiger partial charge in [0.05, 0.1) is 6.61 Å². The second-order valence-corrected chi connectivity index (χ2v) is 19.2. The Labute approximate surface area is 411 Å². The molecule has 0 rings (SSSR count). The molecule has 0 bridgehead atoms. The predicted octanol–water partition coefficient (Wildman–Crippen LogP) is 19.7. The third kappa shape index (κ3) is 54.2. The summed E-state index contributed by atoms with van der Waals surface area (Å²) in [5.74, 6) is -0.415. The Balaban J connectivity index is 4.30. The fourth-order valence-electron chi connectivity index (χ4n) is 8.15. The first kappa shape index (κ1) is 63.6. The van der Waals surface area contributed by atoms with E-state index in [1.54, 1.807) is 0 Å². The Morgan fingerprint density at radius 1 is 0.333 bits per heavy atom. The highest BCUT2D eigenvalue weighted by Crippen LogP contribution is 2.14. The van der Waals surface area contributed by atoms with Crippen molar-refractivity contribution in [3.63, 3.8) is 0 Å². The fraction of sp³-hybridized carbons (Fsp3) is 0.803. The Morgan fingerprint density at radius 2 is 0.636 bits per heavy atom. The molecule has 0 aliphatic rings. The highest BCUT2D eigenvalue weighted by molar-refractivity contribution is 5.70. The lowest BCUT2D eigenvalue weighted by atomic mass is 10.1. The van der Waals surface area contributed by atoms with E-state index in [-0.39, 0.29) is 25.2 Å². The van der Waals surface area contributed by atoms with Crippen LogP contribution in [0.5, 0.6) is 0 Å². The van der Waals surface area contributed by atoms with Crippen molar-refractivity contribution in [3.8, 4) is 0 Å². The number of hydrogen-bond acceptors (Lipinski definition) is 5. The topological polar surface area (TPSA) is 61.8 Å². The number of carbonyl (C=O) groups excluding carboxylic acids is 2. The van der Waals surface area contributed by atoms with E-state index in [0.717, 1.165) is 77.0 Å². The van der Waals surface area contributed by atoms with Gasteiger partial charge in [0.15, 0.2) is 6.10 Å². The van der Waals surface area contributed by atoms with Crippen molar-refractivity contribution in [2.75, 3.05) is 19.8 Å². The first-order valence-corrected chi connectivity index (χ1v) is 28.8. The van der Waals surface area contributed by atoms with Crippen LogP contribution in [0.2, 0.25) is 0 Å². The Bertz CT molecular complexity index is 1130. The van der Waals surface area contributed by atoms with Gasteiger partial charge < -0.3 is 14.2 Å². The molecule has 0 aromatic rings. The maximum atomic E-state index is 12.8. The van der Waals surface area contributed by atoms with Crippen LogP contribution in [0, 0.1) is 0 Å². The van der Waals surface area contributed by atoms with Gasteiger partial charge in [-0.25, -0.2) is 0 Å². The zero-order valence-electron chi connectivity index (χ0n) is 44.2. The van der Waals surface area contributed by atoms with Crippen LogP contribution >= 0.6 is 0 Å². The van der Waals surface area contributed by atoms with Gasteiger partial charge in [-0.2, -0.15) is 0 Å². The van der Waals surface area contributed by atoms with E-state index in [4.69, 9.17) is 14.2 Å². The molecule has 5 nitrogen and oxygen atoms in total. The van der Waals surface area contributed by atoms with Crippen LogP contribution in [-0.4, -0.2) is 37.9 Å². The largest absolute Gasteiger partial charge is 0.462 e. The average molecular weight is 924 g/mol. The van der Waals surface area contributed by atoms with E-state index >= 15 is 0 Å². The predicted molar refractivity (Wildman–Crippen MR) is 288 cm³/mol. The van der Waals surface area contributed by atoms with Crippen LogP contribution in [0.25, 0.3) is 0 Å². The standard InChI is InChI=1S/C61H110O5/c1-4-7-10-13-16-19-22-25-28-30-31-32-34-36-39-42-45-48-51-54-60(62)65-58-59(57-64-56-53-50-47-44-41-38-35-29-26-23-20-17-14-11-8-5-2)66-61(63)55-52-49-46-43-40-37-33-27-24-21-18-15-12-9-6-3/h16,19,25-29,31-33,59H,4-15,17-18,20-24,30,34-58H2,1-3H3/b19-16-,28-25-,29-26-,32-31-,33-27-. The smallest absolute Gasteiger partial charge is 0.306 e. The lowest BCUT2D eigenvalue weighted by Gasteiger charge is -2.18. The third-order valence-electron chi connectivity index (χ3n) is 12.5. The van der Waals surface area contributed by atoms with E-state index in [9.17, 15) is 9.59 Å². The van der Waals surface area contributed by atoms with Crippen LogP contribution in [-0.2, 0) is 23.8 Å². The average Bonchev–Trinajstić information content (AvgIpc) is 3.32. The number of esters is 2. The molecule has 0 amide bonds. The highest BCUT2D eigenvalue weighted by Gasteiger charge is 2.17. The summed E-state index contributed by atoms with van der Waals surface area (Å²) in [6, 6.07) is 0. The molecule has 384 valence electrons. The normalized spacial score (nSPS) is 12.6. The number of unbranched alkanes of at least 4 members (excludes halogenated alkanes) is 32. The fourth-order valence-corrected chi connectivity index (χ4v) is 8.15. The van der Waals surface area contributed by atoms with Crippen molar-refractivity contribution in [2.45, 2.75) is 297 Å². The van der Waals surface area contributed by atoms with Gasteiger partial charge in [0, 0.05) is 19.4 Å². The molecule has 1 atom stereocenters. The summed E-state index contributed by atoms with van der Waals surface area (Å²) in [5, 5.41) is 0. The minimum Gasteiger partial charge on any atom is -0.462 e. The quantitative estimate of drug-likeness (QED) is 0.0346. The second kappa shape index (κ2) is 56.9. The molecule has 0 fully saturated rings. The van der Waals surface area contributed by atoms with Crippen LogP contribution in [0.3, 0.4) is 0 Å². The first-order chi connectivity index (χ1) is 32.6. The summed E-state index contributed by atoms with van der Waals surface area (Å²) < 4.78 is 17.5. The highest BCUT2D eigenvalue weighted by atomic mass is 16.6. The lowest BCUT2D eigenvalue weighted by molar-refractivity contribution is -0.163. The van der Waals surface area contributed by atoms with Crippen LogP contribution < -0.4 is 0 Å². The molecular weight excluding hydrogens is 813 g/mol. The van der Waals surface area contributed by atoms with Crippen molar-refractivity contribution >= 4 is 11.9 Å². The molecular formula is C61H110O5. The van der Waals surface area contributed by atoms with Crippen molar-refractivity contribution in [1.82, 2.24) is 0 Å². The minimum absolute atomic E-state index is 0.0732. The van der Waals surface area contributed by atoms with E-state index in [1.807, 2.05) is 0 Å². The molecule has 0 N–H and O–H groups in total. The first-order valence-electron chi connectivity index (χ1n) is 28.8. The zero-order chi connectivity index (χ0) is 47.7. The number of carbonyl (C=O) groups is 2. The Morgan fingerprint density at radius 3 is 1.06 bits per heavy atom. The maximum absolute atomic E-state index is 12.8. The number of rotatable bonds is 53. The van der Waals surface area contributed by atoms with Gasteiger partial charge in [-0.1, -0.05) is 229 Å². The molecule has 66 heavy (non-hydrogen) atoms. The maximum Gasteiger partial charge on any atom is 0.306 e. The summed E-state index contributed by atoms with van der Waals surface area (Å²) in [7, 11) is 0. The van der Waals surface area contributed by atoms with E-state index < -0.39 is 6.10 Å². The molecule has 0 heterocycles. The van der Waals surface area contributed by atoms with Crippen LogP contribution in [0.4, 0.5) is 0 Å². The Hall–Kier alpha value is -2.40. The SMILES string of the molecule is CCCCC/C=C\C/C=C\C/C=C\CCCCCCCCC(=O)OCC(COCCCCCCCC/C=C\CCCCCCCC)OC(=O)CCCCCCC/C=C\CCCCCCCC. The lowest BCUT2D eigenvalue weighted by Crippen LogP contribution is -2.30. The molecule has 0 aliphatic heterocycles. The van der Waals surface area contributed by atoms with E-state index in [1.165, 1.54) is 180 Å². The molecule has 0 aromatic heterocycles. The van der Waals surface area contributed by atoms with Gasteiger partial charge in [0.2, 0.25) is 0 Å². The van der Waals surface area contributed by atoms with Gasteiger partial charge >= 0.3 is 11.9 Å². The van der Waals surface area contributed by atoms with Gasteiger partial charge in [0.25, 0.3) is 0 Å². The molecule has 0 saturated carbocycles. The molecule has 1 unspecified atom stereocenters. The van der Waals surface area contributed by atoms with Crippen LogP contribution in [0.15, 0.2) is 60.8 Å². The zero-order valence-corrected chi connectivity index (χ0v) is 44.2. The summed E-state index contributed by atoms with van der Waals surface area (Å²) in [4.78, 5) is 25.5. The van der Waals surface area contributed by atoms with Gasteiger partial charge in [-0.3, -0.25) is 9.59 Å². The van der Waals surface area contributed by atoms with E-state index in [0.29, 0.717) is 19.4 Å². The molecule has 0 saturated heterocycles. The molecule has 0 radical (unpaired) electrons. The summed E-state index contributed by atoms with van der Waals surface area (Å²) in [6.07, 6.45) is 72.3. The minimum atomic E-state index is -0.550. The molecule has 5 heteroatoms. The summed E-state index contributed by atoms with van der Waals surface area (Å²) in [6.45, 7) is 7.79. The van der Waals surface area contributed by atoms with Crippen LogP contribution in [0.1, 0.15) is 290 Å². The number of hydrogen-bond donors (Lipinski definition) is 0. The summed E-state index contributed by atoms with van der Waals surface area (Å²) in [5.41, 5.74) is 0. The van der Waals surface area contributed by atoms with Gasteiger partial charge in [-0.15, -0.1) is 0 Å². The van der Waals surface area contributed by atoms with Crippen molar-refractivity contribution in [1.29, 1.82) is 0 Å². The second-order valence-electron chi connectivity index (χ2n) is 19.2.